The molecule has 1 aliphatic carbocycles. The van der Waals surface area contributed by atoms with Gasteiger partial charge in [0.15, 0.2) is 0 Å². The summed E-state index contributed by atoms with van der Waals surface area (Å²) in [7, 11) is 0. The minimum Gasteiger partial charge on any atom is -0.328 e. The van der Waals surface area contributed by atoms with Gasteiger partial charge in [-0.1, -0.05) is 7.43 Å². The van der Waals surface area contributed by atoms with Crippen LogP contribution in [0.1, 0.15) is 33.1 Å². The van der Waals surface area contributed by atoms with Crippen molar-refractivity contribution in [2.24, 2.45) is 11.7 Å². The zero-order chi connectivity index (χ0) is 7.68. The molecule has 0 bridgehead atoms. The molecule has 0 aromatic heterocycles. The summed E-state index contributed by atoms with van der Waals surface area (Å²) < 4.78 is 0. The van der Waals surface area contributed by atoms with Gasteiger partial charge in [-0.15, -0.1) is 0 Å². The molecule has 2 fully saturated rings. The number of rotatable bonds is 2. The molecular weight excluding hydrogens is 148 g/mol. The molecule has 2 heteroatoms. The van der Waals surface area contributed by atoms with Gasteiger partial charge in [-0.05, 0) is 44.7 Å². The second-order valence-corrected chi connectivity index (χ2v) is 4.08. The largest absolute Gasteiger partial charge is 0.328 e. The summed E-state index contributed by atoms with van der Waals surface area (Å²) in [5, 5.41) is 0. The van der Waals surface area contributed by atoms with Crippen LogP contribution in [0.5, 0.6) is 0 Å². The number of hydrogen-bond donors (Lipinski definition) is 1. The van der Waals surface area contributed by atoms with Crippen LogP contribution in [-0.2, 0) is 0 Å². The van der Waals surface area contributed by atoms with E-state index in [9.17, 15) is 0 Å². The Hall–Kier alpha value is -0.0800. The van der Waals surface area contributed by atoms with E-state index in [4.69, 9.17) is 5.73 Å². The van der Waals surface area contributed by atoms with Gasteiger partial charge in [0, 0.05) is 12.6 Å². The normalized spacial score (nSPS) is 26.8. The molecule has 0 radical (unpaired) electrons. The molecule has 72 valence electrons. The van der Waals surface area contributed by atoms with E-state index in [-0.39, 0.29) is 7.43 Å². The third-order valence-electron chi connectivity index (χ3n) is 2.85. The van der Waals surface area contributed by atoms with Gasteiger partial charge in [0.25, 0.3) is 0 Å². The fourth-order valence-electron chi connectivity index (χ4n) is 1.80. The first-order chi connectivity index (χ1) is 5.34. The van der Waals surface area contributed by atoms with Gasteiger partial charge in [0.2, 0.25) is 0 Å². The highest BCUT2D eigenvalue weighted by molar-refractivity contribution is 4.81. The molecule has 0 aromatic carbocycles. The van der Waals surface area contributed by atoms with E-state index in [0.29, 0.717) is 6.04 Å². The maximum atomic E-state index is 5.82. The van der Waals surface area contributed by atoms with Gasteiger partial charge < -0.3 is 10.6 Å². The smallest absolute Gasteiger partial charge is 0.00631 e. The molecule has 1 heterocycles. The summed E-state index contributed by atoms with van der Waals surface area (Å²) in [5.74, 6) is 1.05. The molecule has 0 spiro atoms. The summed E-state index contributed by atoms with van der Waals surface area (Å²) in [6.07, 6.45) is 5.38. The summed E-state index contributed by atoms with van der Waals surface area (Å²) in [4.78, 5) is 2.58. The quantitative estimate of drug-likeness (QED) is 0.680. The fourth-order valence-corrected chi connectivity index (χ4v) is 1.80. The molecule has 1 saturated heterocycles. The van der Waals surface area contributed by atoms with Crippen LogP contribution in [-0.4, -0.2) is 30.6 Å². The lowest BCUT2D eigenvalue weighted by Crippen LogP contribution is -2.40. The summed E-state index contributed by atoms with van der Waals surface area (Å²) in [5.41, 5.74) is 5.82. The van der Waals surface area contributed by atoms with Crippen molar-refractivity contribution in [2.45, 2.75) is 39.2 Å². The maximum Gasteiger partial charge on any atom is 0.00631 e. The minimum atomic E-state index is 0. The van der Waals surface area contributed by atoms with Crippen LogP contribution in [0.3, 0.4) is 0 Å². The zero-order valence-electron chi connectivity index (χ0n) is 7.13. The van der Waals surface area contributed by atoms with Gasteiger partial charge >= 0.3 is 0 Å². The fraction of sp³-hybridized carbons (Fsp3) is 1.00. The van der Waals surface area contributed by atoms with Gasteiger partial charge in [-0.3, -0.25) is 0 Å². The summed E-state index contributed by atoms with van der Waals surface area (Å²) >= 11 is 0. The Morgan fingerprint density at radius 3 is 2.17 bits per heavy atom. The lowest BCUT2D eigenvalue weighted by molar-refractivity contribution is 0.205. The molecule has 2 nitrogen and oxygen atoms in total. The first kappa shape index (κ1) is 10.0. The molecule has 12 heavy (non-hydrogen) atoms. The van der Waals surface area contributed by atoms with Crippen LogP contribution >= 0.6 is 0 Å². The lowest BCUT2D eigenvalue weighted by Gasteiger charge is -2.29. The molecule has 2 rings (SSSR count). The van der Waals surface area contributed by atoms with Crippen LogP contribution in [0, 0.1) is 5.92 Å². The predicted molar refractivity (Wildman–Crippen MR) is 53.1 cm³/mol. The standard InChI is InChI=1S/C9H18N2.CH4/c10-9-3-5-11(6-4-9)7-8-1-2-8;/h8-9H,1-7,10H2;1H4. The molecule has 1 saturated carbocycles. The van der Waals surface area contributed by atoms with E-state index in [1.807, 2.05) is 0 Å². The Morgan fingerprint density at radius 2 is 1.67 bits per heavy atom. The van der Waals surface area contributed by atoms with Crippen molar-refractivity contribution in [3.05, 3.63) is 0 Å². The van der Waals surface area contributed by atoms with Crippen molar-refractivity contribution >= 4 is 0 Å². The summed E-state index contributed by atoms with van der Waals surface area (Å²) in [6.45, 7) is 3.85. The monoisotopic (exact) mass is 170 g/mol. The van der Waals surface area contributed by atoms with Gasteiger partial charge in [0.1, 0.15) is 0 Å². The second kappa shape index (κ2) is 4.24. The highest BCUT2D eigenvalue weighted by Gasteiger charge is 2.25. The molecule has 2 aliphatic rings. The third kappa shape index (κ3) is 2.76. The average molecular weight is 170 g/mol. The van der Waals surface area contributed by atoms with Gasteiger partial charge in [-0.25, -0.2) is 0 Å². The van der Waals surface area contributed by atoms with Crippen LogP contribution in [0.25, 0.3) is 0 Å². The molecular formula is C10H22N2. The minimum absolute atomic E-state index is 0. The topological polar surface area (TPSA) is 29.3 Å². The van der Waals surface area contributed by atoms with Gasteiger partial charge in [0.05, 0.1) is 0 Å². The average Bonchev–Trinajstić information content (AvgIpc) is 2.78. The van der Waals surface area contributed by atoms with Crippen LogP contribution < -0.4 is 5.73 Å². The first-order valence-corrected chi connectivity index (χ1v) is 4.82. The number of likely N-dealkylation sites (tertiary alicyclic amines) is 1. The van der Waals surface area contributed by atoms with Crippen molar-refractivity contribution in [1.82, 2.24) is 4.90 Å². The third-order valence-corrected chi connectivity index (χ3v) is 2.85. The van der Waals surface area contributed by atoms with Crippen molar-refractivity contribution < 1.29 is 0 Å². The van der Waals surface area contributed by atoms with Crippen molar-refractivity contribution in [2.75, 3.05) is 19.6 Å². The molecule has 0 amide bonds. The summed E-state index contributed by atoms with van der Waals surface area (Å²) in [6, 6.07) is 0.491. The van der Waals surface area contributed by atoms with Crippen molar-refractivity contribution in [1.29, 1.82) is 0 Å². The SMILES string of the molecule is C.NC1CCN(CC2CC2)CC1. The zero-order valence-corrected chi connectivity index (χ0v) is 7.13. The Labute approximate surface area is 76.1 Å². The van der Waals surface area contributed by atoms with E-state index in [0.717, 1.165) is 5.92 Å². The Morgan fingerprint density at radius 1 is 1.08 bits per heavy atom. The highest BCUT2D eigenvalue weighted by atomic mass is 15.1. The second-order valence-electron chi connectivity index (χ2n) is 4.08. The van der Waals surface area contributed by atoms with Crippen LogP contribution in [0.15, 0.2) is 0 Å². The highest BCUT2D eigenvalue weighted by Crippen LogP contribution is 2.30. The van der Waals surface area contributed by atoms with Crippen LogP contribution in [0.2, 0.25) is 0 Å². The van der Waals surface area contributed by atoms with E-state index in [2.05, 4.69) is 4.90 Å². The molecule has 2 N–H and O–H groups in total. The molecule has 1 aliphatic heterocycles. The maximum absolute atomic E-state index is 5.82. The number of nitrogens with zero attached hydrogens (tertiary/aromatic N) is 1. The molecule has 0 atom stereocenters. The molecule has 0 unspecified atom stereocenters. The Bertz CT molecular complexity index is 124. The van der Waals surface area contributed by atoms with E-state index < -0.39 is 0 Å². The Kier molecular flexibility index (Phi) is 3.53. The van der Waals surface area contributed by atoms with Crippen molar-refractivity contribution in [3.8, 4) is 0 Å². The predicted octanol–water partition coefficient (Wildman–Crippen LogP) is 1.46. The number of piperidine rings is 1. The van der Waals surface area contributed by atoms with E-state index in [1.165, 1.54) is 45.3 Å². The van der Waals surface area contributed by atoms with Crippen LogP contribution in [0.4, 0.5) is 0 Å². The van der Waals surface area contributed by atoms with E-state index in [1.54, 1.807) is 0 Å². The van der Waals surface area contributed by atoms with Crippen molar-refractivity contribution in [3.63, 3.8) is 0 Å². The van der Waals surface area contributed by atoms with E-state index >= 15 is 0 Å². The van der Waals surface area contributed by atoms with Gasteiger partial charge in [-0.2, -0.15) is 0 Å². The Balaban J connectivity index is 0.000000720. The molecule has 0 aromatic rings. The first-order valence-electron chi connectivity index (χ1n) is 4.82. The number of nitrogens with two attached hydrogens (primary N) is 1. The lowest BCUT2D eigenvalue weighted by atomic mass is 10.1. The number of hydrogen-bond acceptors (Lipinski definition) is 2.